The molecular weight excluding hydrogens is 266 g/mol. The Balaban J connectivity index is 1.45. The van der Waals surface area contributed by atoms with Gasteiger partial charge in [0.2, 0.25) is 11.8 Å². The lowest BCUT2D eigenvalue weighted by Gasteiger charge is -2.23. The van der Waals surface area contributed by atoms with Crippen LogP contribution < -0.4 is 0 Å². The Bertz CT molecular complexity index is 562. The van der Waals surface area contributed by atoms with Crippen LogP contribution in [0, 0.1) is 5.92 Å². The number of nitrogens with zero attached hydrogens (tertiary/aromatic N) is 3. The summed E-state index contributed by atoms with van der Waals surface area (Å²) in [6.45, 7) is 0.827. The Morgan fingerprint density at radius 2 is 2.24 bits per heavy atom. The number of aromatic nitrogens is 2. The first-order valence-corrected chi connectivity index (χ1v) is 8.11. The SMILES string of the molecule is O=C(C[C@H]1C=CCC1)N1CCC[C@@H]1c1noc(C2CC2)n1. The number of allylic oxidation sites excluding steroid dienone is 2. The van der Waals surface area contributed by atoms with Gasteiger partial charge in [-0.25, -0.2) is 0 Å². The highest BCUT2D eigenvalue weighted by Gasteiger charge is 2.36. The molecule has 0 N–H and O–H groups in total. The summed E-state index contributed by atoms with van der Waals surface area (Å²) in [5.74, 6) is 2.62. The van der Waals surface area contributed by atoms with Crippen LogP contribution in [-0.4, -0.2) is 27.5 Å². The predicted octanol–water partition coefficient (Wildman–Crippen LogP) is 2.97. The van der Waals surface area contributed by atoms with Gasteiger partial charge in [0.25, 0.3) is 0 Å². The van der Waals surface area contributed by atoms with Crippen LogP contribution in [0.3, 0.4) is 0 Å². The molecule has 2 atom stereocenters. The highest BCUT2D eigenvalue weighted by atomic mass is 16.5. The summed E-state index contributed by atoms with van der Waals surface area (Å²) in [7, 11) is 0. The lowest BCUT2D eigenvalue weighted by Crippen LogP contribution is -2.32. The van der Waals surface area contributed by atoms with Gasteiger partial charge in [0.05, 0.1) is 6.04 Å². The Labute approximate surface area is 124 Å². The van der Waals surface area contributed by atoms with Gasteiger partial charge < -0.3 is 9.42 Å². The minimum Gasteiger partial charge on any atom is -0.339 e. The largest absolute Gasteiger partial charge is 0.339 e. The summed E-state index contributed by atoms with van der Waals surface area (Å²) in [5, 5.41) is 4.13. The van der Waals surface area contributed by atoms with E-state index in [0.29, 0.717) is 24.1 Å². The van der Waals surface area contributed by atoms with Crippen molar-refractivity contribution in [3.63, 3.8) is 0 Å². The van der Waals surface area contributed by atoms with E-state index < -0.39 is 0 Å². The van der Waals surface area contributed by atoms with Crippen molar-refractivity contribution in [2.75, 3.05) is 6.54 Å². The maximum atomic E-state index is 12.5. The number of carbonyl (C=O) groups is 1. The van der Waals surface area contributed by atoms with Crippen LogP contribution >= 0.6 is 0 Å². The fourth-order valence-electron chi connectivity index (χ4n) is 3.42. The Kier molecular flexibility index (Phi) is 3.28. The second-order valence-corrected chi connectivity index (χ2v) is 6.48. The Morgan fingerprint density at radius 3 is 3.00 bits per heavy atom. The highest BCUT2D eigenvalue weighted by molar-refractivity contribution is 5.77. The molecule has 21 heavy (non-hydrogen) atoms. The lowest BCUT2D eigenvalue weighted by atomic mass is 10.0. The normalized spacial score (nSPS) is 28.5. The zero-order valence-corrected chi connectivity index (χ0v) is 12.2. The van der Waals surface area contributed by atoms with Gasteiger partial charge in [-0.1, -0.05) is 17.3 Å². The molecule has 1 aliphatic heterocycles. The molecule has 0 bridgehead atoms. The lowest BCUT2D eigenvalue weighted by molar-refractivity contribution is -0.133. The average Bonchev–Trinajstić information content (AvgIpc) is 2.94. The van der Waals surface area contributed by atoms with E-state index in [-0.39, 0.29) is 11.9 Å². The molecule has 1 aromatic heterocycles. The summed E-state index contributed by atoms with van der Waals surface area (Å²) < 4.78 is 5.35. The van der Waals surface area contributed by atoms with Crippen molar-refractivity contribution in [3.8, 4) is 0 Å². The van der Waals surface area contributed by atoms with Crippen molar-refractivity contribution in [1.29, 1.82) is 0 Å². The monoisotopic (exact) mass is 287 g/mol. The average molecular weight is 287 g/mol. The molecule has 5 heteroatoms. The molecule has 1 saturated carbocycles. The van der Waals surface area contributed by atoms with Gasteiger partial charge >= 0.3 is 0 Å². The van der Waals surface area contributed by atoms with Crippen molar-refractivity contribution in [3.05, 3.63) is 23.9 Å². The van der Waals surface area contributed by atoms with E-state index in [1.54, 1.807) is 0 Å². The van der Waals surface area contributed by atoms with Crippen LogP contribution in [0.5, 0.6) is 0 Å². The van der Waals surface area contributed by atoms with Crippen molar-refractivity contribution in [2.45, 2.75) is 56.9 Å². The van der Waals surface area contributed by atoms with Gasteiger partial charge in [-0.15, -0.1) is 0 Å². The summed E-state index contributed by atoms with van der Waals surface area (Å²) in [5.41, 5.74) is 0. The first-order valence-electron chi connectivity index (χ1n) is 8.11. The molecule has 112 valence electrons. The minimum atomic E-state index is 0.0270. The third-order valence-electron chi connectivity index (χ3n) is 4.80. The second kappa shape index (κ2) is 5.28. The van der Waals surface area contributed by atoms with Crippen LogP contribution in [0.2, 0.25) is 0 Å². The van der Waals surface area contributed by atoms with E-state index >= 15 is 0 Å². The molecule has 0 spiro atoms. The minimum absolute atomic E-state index is 0.0270. The second-order valence-electron chi connectivity index (χ2n) is 6.48. The van der Waals surface area contributed by atoms with Crippen LogP contribution in [0.1, 0.15) is 68.6 Å². The number of rotatable bonds is 4. The zero-order valence-electron chi connectivity index (χ0n) is 12.2. The maximum Gasteiger partial charge on any atom is 0.229 e. The van der Waals surface area contributed by atoms with Gasteiger partial charge in [0.1, 0.15) is 0 Å². The Hall–Kier alpha value is -1.65. The molecule has 0 unspecified atom stereocenters. The number of amides is 1. The van der Waals surface area contributed by atoms with Gasteiger partial charge in [0.15, 0.2) is 5.82 Å². The zero-order chi connectivity index (χ0) is 14.2. The molecular formula is C16H21N3O2. The molecule has 4 rings (SSSR count). The smallest absolute Gasteiger partial charge is 0.229 e. The standard InChI is InChI=1S/C16H21N3O2/c20-14(10-11-4-1-2-5-11)19-9-3-6-13(19)15-17-16(21-18-15)12-7-8-12/h1,4,11-13H,2-3,5-10H2/t11-,13+/m0/s1. The topological polar surface area (TPSA) is 59.2 Å². The van der Waals surface area contributed by atoms with Gasteiger partial charge in [-0.05, 0) is 44.4 Å². The predicted molar refractivity (Wildman–Crippen MR) is 76.4 cm³/mol. The molecule has 2 fully saturated rings. The molecule has 1 amide bonds. The van der Waals surface area contributed by atoms with Crippen molar-refractivity contribution < 1.29 is 9.32 Å². The number of likely N-dealkylation sites (tertiary alicyclic amines) is 1. The summed E-state index contributed by atoms with van der Waals surface area (Å²) >= 11 is 0. The number of hydrogen-bond acceptors (Lipinski definition) is 4. The number of hydrogen-bond donors (Lipinski definition) is 0. The molecule has 0 aromatic carbocycles. The van der Waals surface area contributed by atoms with E-state index in [4.69, 9.17) is 4.52 Å². The van der Waals surface area contributed by atoms with Crippen LogP contribution in [-0.2, 0) is 4.79 Å². The van der Waals surface area contributed by atoms with E-state index in [9.17, 15) is 4.79 Å². The Morgan fingerprint density at radius 1 is 1.33 bits per heavy atom. The highest BCUT2D eigenvalue weighted by Crippen LogP contribution is 2.40. The van der Waals surface area contributed by atoms with Crippen molar-refractivity contribution in [1.82, 2.24) is 15.0 Å². The molecule has 1 aromatic rings. The van der Waals surface area contributed by atoms with Gasteiger partial charge in [0, 0.05) is 18.9 Å². The molecule has 1 saturated heterocycles. The fraction of sp³-hybridized carbons (Fsp3) is 0.688. The fourth-order valence-corrected chi connectivity index (χ4v) is 3.42. The molecule has 2 heterocycles. The van der Waals surface area contributed by atoms with Gasteiger partial charge in [-0.3, -0.25) is 4.79 Å². The molecule has 3 aliphatic rings. The quantitative estimate of drug-likeness (QED) is 0.799. The van der Waals surface area contributed by atoms with E-state index in [1.165, 1.54) is 0 Å². The van der Waals surface area contributed by atoms with E-state index in [2.05, 4.69) is 22.3 Å². The third-order valence-corrected chi connectivity index (χ3v) is 4.80. The first-order chi connectivity index (χ1) is 10.3. The maximum absolute atomic E-state index is 12.5. The van der Waals surface area contributed by atoms with Crippen LogP contribution in [0.25, 0.3) is 0 Å². The van der Waals surface area contributed by atoms with Gasteiger partial charge in [-0.2, -0.15) is 4.98 Å². The van der Waals surface area contributed by atoms with E-state index in [1.807, 2.05) is 4.90 Å². The first kappa shape index (κ1) is 13.0. The van der Waals surface area contributed by atoms with Crippen molar-refractivity contribution >= 4 is 5.91 Å². The van der Waals surface area contributed by atoms with Crippen LogP contribution in [0.15, 0.2) is 16.7 Å². The van der Waals surface area contributed by atoms with Crippen molar-refractivity contribution in [2.24, 2.45) is 5.92 Å². The summed E-state index contributed by atoms with van der Waals surface area (Å²) in [6.07, 6.45) is 11.5. The van der Waals surface area contributed by atoms with E-state index in [0.717, 1.165) is 51.0 Å². The molecule has 0 radical (unpaired) electrons. The summed E-state index contributed by atoms with van der Waals surface area (Å²) in [6, 6.07) is 0.0270. The molecule has 2 aliphatic carbocycles. The number of carbonyl (C=O) groups excluding carboxylic acids is 1. The molecule has 5 nitrogen and oxygen atoms in total. The third kappa shape index (κ3) is 2.61. The van der Waals surface area contributed by atoms with Crippen LogP contribution in [0.4, 0.5) is 0 Å². The summed E-state index contributed by atoms with van der Waals surface area (Å²) in [4.78, 5) is 19.0.